The van der Waals surface area contributed by atoms with Crippen molar-refractivity contribution >= 4 is 21.8 Å². The van der Waals surface area contributed by atoms with Crippen molar-refractivity contribution in [3.8, 4) is 11.5 Å². The first kappa shape index (κ1) is 18.8. The van der Waals surface area contributed by atoms with Gasteiger partial charge < -0.3 is 4.42 Å². The number of rotatable bonds is 5. The van der Waals surface area contributed by atoms with Crippen LogP contribution in [0, 0.1) is 13.8 Å². The van der Waals surface area contributed by atoms with Gasteiger partial charge in [-0.15, -0.1) is 5.10 Å². The number of nitrogens with one attached hydrogen (secondary N) is 1. The summed E-state index contributed by atoms with van der Waals surface area (Å²) in [6, 6.07) is 11.5. The van der Waals surface area contributed by atoms with Gasteiger partial charge in [0.1, 0.15) is 0 Å². The maximum atomic E-state index is 12.4. The Kier molecular flexibility index (Phi) is 5.09. The zero-order valence-electron chi connectivity index (χ0n) is 15.2. The molecule has 1 aromatic heterocycles. The molecule has 0 fully saturated rings. The van der Waals surface area contributed by atoms with Crippen molar-refractivity contribution in [1.82, 2.24) is 10.2 Å². The smallest absolute Gasteiger partial charge is 0.322 e. The van der Waals surface area contributed by atoms with Gasteiger partial charge in [-0.05, 0) is 55.3 Å². The number of sulfone groups is 1. The minimum Gasteiger partial charge on any atom is -0.403 e. The zero-order valence-corrected chi connectivity index (χ0v) is 16.0. The Morgan fingerprint density at radius 1 is 1.07 bits per heavy atom. The van der Waals surface area contributed by atoms with Crippen LogP contribution in [0.25, 0.3) is 11.5 Å². The van der Waals surface area contributed by atoms with Crippen LogP contribution in [0.5, 0.6) is 0 Å². The molecule has 27 heavy (non-hydrogen) atoms. The van der Waals surface area contributed by atoms with Crippen molar-refractivity contribution in [2.75, 3.05) is 11.1 Å². The highest BCUT2D eigenvalue weighted by Gasteiger charge is 2.16. The van der Waals surface area contributed by atoms with E-state index in [0.29, 0.717) is 0 Å². The first-order valence-electron chi connectivity index (χ1n) is 8.35. The van der Waals surface area contributed by atoms with Crippen LogP contribution < -0.4 is 5.32 Å². The molecule has 3 aromatic rings. The second-order valence-electron chi connectivity index (χ2n) is 6.10. The second kappa shape index (κ2) is 7.32. The summed E-state index contributed by atoms with van der Waals surface area (Å²) in [5, 5.41) is 10.3. The fourth-order valence-corrected chi connectivity index (χ4v) is 3.36. The van der Waals surface area contributed by atoms with Crippen LogP contribution in [0.15, 0.2) is 51.8 Å². The van der Waals surface area contributed by atoms with Crippen LogP contribution in [0.4, 0.5) is 6.01 Å². The van der Waals surface area contributed by atoms with Gasteiger partial charge in [0.05, 0.1) is 10.6 Å². The molecule has 0 aliphatic rings. The van der Waals surface area contributed by atoms with E-state index < -0.39 is 15.7 Å². The van der Waals surface area contributed by atoms with E-state index in [1.54, 1.807) is 6.92 Å². The molecule has 0 saturated heterocycles. The van der Waals surface area contributed by atoms with Crippen LogP contribution in [0.2, 0.25) is 0 Å². The van der Waals surface area contributed by atoms with Crippen molar-refractivity contribution in [2.45, 2.75) is 25.7 Å². The molecular weight excluding hydrogens is 366 g/mol. The van der Waals surface area contributed by atoms with E-state index in [9.17, 15) is 13.2 Å². The summed E-state index contributed by atoms with van der Waals surface area (Å²) in [6.07, 6.45) is 0. The highest BCUT2D eigenvalue weighted by molar-refractivity contribution is 7.91. The monoisotopic (exact) mass is 385 g/mol. The fraction of sp³-hybridized carbons (Fsp3) is 0.211. The molecule has 0 aliphatic carbocycles. The largest absolute Gasteiger partial charge is 0.403 e. The number of anilines is 1. The van der Waals surface area contributed by atoms with Gasteiger partial charge in [-0.3, -0.25) is 10.1 Å². The second-order valence-corrected chi connectivity index (χ2v) is 8.38. The van der Waals surface area contributed by atoms with Gasteiger partial charge in [0, 0.05) is 11.1 Å². The van der Waals surface area contributed by atoms with Crippen molar-refractivity contribution in [2.24, 2.45) is 0 Å². The lowest BCUT2D eigenvalue weighted by atomic mass is 10.1. The molecule has 0 unspecified atom stereocenters. The lowest BCUT2D eigenvalue weighted by Gasteiger charge is -2.04. The van der Waals surface area contributed by atoms with Crippen LogP contribution in [0.1, 0.15) is 28.4 Å². The van der Waals surface area contributed by atoms with Crippen LogP contribution >= 0.6 is 0 Å². The van der Waals surface area contributed by atoms with E-state index in [1.165, 1.54) is 24.3 Å². The van der Waals surface area contributed by atoms with Crippen LogP contribution in [-0.4, -0.2) is 30.3 Å². The van der Waals surface area contributed by atoms with Gasteiger partial charge in [0.2, 0.25) is 5.89 Å². The van der Waals surface area contributed by atoms with Crippen LogP contribution in [0.3, 0.4) is 0 Å². The summed E-state index contributed by atoms with van der Waals surface area (Å²) in [6.45, 7) is 5.54. The Bertz CT molecular complexity index is 1100. The SMILES string of the molecule is CCS(=O)(=O)c1cccc(C(=O)Nc2nnc(-c3ccc(C)c(C)c3)o2)c1. The van der Waals surface area contributed by atoms with E-state index in [4.69, 9.17) is 4.42 Å². The van der Waals surface area contributed by atoms with Gasteiger partial charge >= 0.3 is 6.01 Å². The predicted octanol–water partition coefficient (Wildman–Crippen LogP) is 3.40. The number of carbonyl (C=O) groups excluding carboxylic acids is 1. The highest BCUT2D eigenvalue weighted by atomic mass is 32.2. The van der Waals surface area contributed by atoms with E-state index in [1.807, 2.05) is 32.0 Å². The summed E-state index contributed by atoms with van der Waals surface area (Å²) < 4.78 is 29.4. The number of aryl methyl sites for hydroxylation is 2. The molecule has 3 rings (SSSR count). The highest BCUT2D eigenvalue weighted by Crippen LogP contribution is 2.23. The number of nitrogens with zero attached hydrogens (tertiary/aromatic N) is 2. The van der Waals surface area contributed by atoms with Gasteiger partial charge in [-0.1, -0.05) is 24.2 Å². The number of amides is 1. The predicted molar refractivity (Wildman–Crippen MR) is 101 cm³/mol. The summed E-state index contributed by atoms with van der Waals surface area (Å²) >= 11 is 0. The number of aromatic nitrogens is 2. The molecule has 0 atom stereocenters. The molecule has 1 heterocycles. The number of hydrogen-bond donors (Lipinski definition) is 1. The topological polar surface area (TPSA) is 102 Å². The molecule has 0 aliphatic heterocycles. The Labute approximate surface area is 157 Å². The van der Waals surface area contributed by atoms with Crippen molar-refractivity contribution < 1.29 is 17.6 Å². The first-order valence-corrected chi connectivity index (χ1v) is 10.0. The van der Waals surface area contributed by atoms with Crippen molar-refractivity contribution in [1.29, 1.82) is 0 Å². The van der Waals surface area contributed by atoms with Gasteiger partial charge in [0.25, 0.3) is 5.91 Å². The molecule has 0 bridgehead atoms. The molecular formula is C19H19N3O4S. The maximum absolute atomic E-state index is 12.4. The molecule has 0 radical (unpaired) electrons. The van der Waals surface area contributed by atoms with Crippen LogP contribution in [-0.2, 0) is 9.84 Å². The third kappa shape index (κ3) is 4.06. The molecule has 1 N–H and O–H groups in total. The van der Waals surface area contributed by atoms with Gasteiger partial charge in [0.15, 0.2) is 9.84 Å². The number of carbonyl (C=O) groups is 1. The minimum atomic E-state index is -3.40. The fourth-order valence-electron chi connectivity index (χ4n) is 2.43. The Hall–Kier alpha value is -3.00. The molecule has 1 amide bonds. The third-order valence-electron chi connectivity index (χ3n) is 4.23. The number of hydrogen-bond acceptors (Lipinski definition) is 6. The number of benzene rings is 2. The molecule has 2 aromatic carbocycles. The molecule has 0 saturated carbocycles. The Morgan fingerprint density at radius 2 is 1.85 bits per heavy atom. The zero-order chi connectivity index (χ0) is 19.6. The van der Waals surface area contributed by atoms with Gasteiger partial charge in [-0.2, -0.15) is 0 Å². The molecule has 7 nitrogen and oxygen atoms in total. The molecule has 140 valence electrons. The summed E-state index contributed by atoms with van der Waals surface area (Å²) in [5.41, 5.74) is 3.18. The first-order chi connectivity index (χ1) is 12.8. The van der Waals surface area contributed by atoms with E-state index in [-0.39, 0.29) is 28.1 Å². The van der Waals surface area contributed by atoms with E-state index in [0.717, 1.165) is 16.7 Å². The lowest BCUT2D eigenvalue weighted by molar-refractivity contribution is 0.102. The average molecular weight is 385 g/mol. The molecule has 8 heteroatoms. The third-order valence-corrected chi connectivity index (χ3v) is 5.97. The molecule has 0 spiro atoms. The lowest BCUT2D eigenvalue weighted by Crippen LogP contribution is -2.13. The average Bonchev–Trinajstić information content (AvgIpc) is 3.12. The quantitative estimate of drug-likeness (QED) is 0.722. The van der Waals surface area contributed by atoms with Crippen molar-refractivity contribution in [3.63, 3.8) is 0 Å². The minimum absolute atomic E-state index is 0.0406. The summed E-state index contributed by atoms with van der Waals surface area (Å²) in [7, 11) is -3.40. The van der Waals surface area contributed by atoms with E-state index >= 15 is 0 Å². The normalized spacial score (nSPS) is 11.4. The Morgan fingerprint density at radius 3 is 2.56 bits per heavy atom. The van der Waals surface area contributed by atoms with E-state index in [2.05, 4.69) is 15.5 Å². The standard InChI is InChI=1S/C19H19N3O4S/c1-4-27(24,25)16-7-5-6-14(11-16)17(23)20-19-22-21-18(26-19)15-9-8-12(2)13(3)10-15/h5-11H,4H2,1-3H3,(H,20,22,23). The summed E-state index contributed by atoms with van der Waals surface area (Å²) in [5.74, 6) is -0.282. The summed E-state index contributed by atoms with van der Waals surface area (Å²) in [4.78, 5) is 12.5. The maximum Gasteiger partial charge on any atom is 0.322 e. The van der Waals surface area contributed by atoms with Gasteiger partial charge in [-0.25, -0.2) is 8.42 Å². The van der Waals surface area contributed by atoms with Crippen molar-refractivity contribution in [3.05, 3.63) is 59.2 Å². The Balaban J connectivity index is 1.80.